The Bertz CT molecular complexity index is 691. The Labute approximate surface area is 161 Å². The summed E-state index contributed by atoms with van der Waals surface area (Å²) in [7, 11) is -1.51. The molecular weight excluding hydrogens is 368 g/mol. The fourth-order valence-corrected chi connectivity index (χ4v) is 5.70. The second kappa shape index (κ2) is 8.71. The Kier molecular flexibility index (Phi) is 7.10. The molecule has 1 aromatic rings. The van der Waals surface area contributed by atoms with Crippen molar-refractivity contribution in [1.82, 2.24) is 15.4 Å². The Balaban J connectivity index is 1.97. The molecule has 1 fully saturated rings. The van der Waals surface area contributed by atoms with Gasteiger partial charge in [-0.25, -0.2) is 13.1 Å². The highest BCUT2D eigenvalue weighted by Crippen LogP contribution is 2.41. The minimum absolute atomic E-state index is 0.171. The van der Waals surface area contributed by atoms with Crippen molar-refractivity contribution in [2.24, 2.45) is 4.99 Å². The van der Waals surface area contributed by atoms with Gasteiger partial charge in [0.15, 0.2) is 5.96 Å². The molecule has 2 rings (SSSR count). The van der Waals surface area contributed by atoms with Crippen LogP contribution in [0.3, 0.4) is 0 Å². The zero-order valence-electron chi connectivity index (χ0n) is 16.3. The largest absolute Gasteiger partial charge is 0.355 e. The smallest absolute Gasteiger partial charge is 0.209 e. The fourth-order valence-electron chi connectivity index (χ4n) is 3.64. The first-order chi connectivity index (χ1) is 12.2. The van der Waals surface area contributed by atoms with Crippen molar-refractivity contribution in [3.63, 3.8) is 0 Å². The van der Waals surface area contributed by atoms with Gasteiger partial charge in [-0.15, -0.1) is 11.3 Å². The van der Waals surface area contributed by atoms with Crippen molar-refractivity contribution >= 4 is 27.3 Å². The first-order valence-electron chi connectivity index (χ1n) is 9.13. The van der Waals surface area contributed by atoms with E-state index in [0.717, 1.165) is 6.54 Å². The van der Waals surface area contributed by atoms with Crippen molar-refractivity contribution in [3.8, 4) is 0 Å². The standard InChI is InChI=1S/C18H32N4O2S2/c1-17(2,22-26(4,23)24)13-20-16(19-3)21-14-18(10-6-5-7-11-18)15-9-8-12-25-15/h8-9,12,22H,5-7,10-11,13-14H2,1-4H3,(H2,19,20,21). The van der Waals surface area contributed by atoms with E-state index in [1.54, 1.807) is 7.05 Å². The van der Waals surface area contributed by atoms with E-state index in [4.69, 9.17) is 0 Å². The normalized spacial score (nSPS) is 18.5. The minimum atomic E-state index is -3.25. The van der Waals surface area contributed by atoms with E-state index in [9.17, 15) is 8.42 Å². The lowest BCUT2D eigenvalue weighted by atomic mass is 9.73. The molecule has 0 unspecified atom stereocenters. The third-order valence-corrected chi connectivity index (χ3v) is 6.87. The van der Waals surface area contributed by atoms with E-state index in [0.29, 0.717) is 12.5 Å². The van der Waals surface area contributed by atoms with Gasteiger partial charge in [0.1, 0.15) is 0 Å². The molecule has 1 heterocycles. The number of nitrogens with zero attached hydrogens (tertiary/aromatic N) is 1. The van der Waals surface area contributed by atoms with Crippen molar-refractivity contribution in [2.75, 3.05) is 26.4 Å². The van der Waals surface area contributed by atoms with Gasteiger partial charge in [0.2, 0.25) is 10.0 Å². The van der Waals surface area contributed by atoms with E-state index in [-0.39, 0.29) is 5.41 Å². The molecule has 0 atom stereocenters. The molecule has 6 nitrogen and oxygen atoms in total. The lowest BCUT2D eigenvalue weighted by molar-refractivity contribution is 0.296. The van der Waals surface area contributed by atoms with Gasteiger partial charge in [0, 0.05) is 36.0 Å². The van der Waals surface area contributed by atoms with Crippen LogP contribution in [0.1, 0.15) is 50.8 Å². The number of hydrogen-bond acceptors (Lipinski definition) is 4. The summed E-state index contributed by atoms with van der Waals surface area (Å²) in [6, 6.07) is 4.37. The molecule has 26 heavy (non-hydrogen) atoms. The van der Waals surface area contributed by atoms with Crippen LogP contribution in [0.5, 0.6) is 0 Å². The number of rotatable bonds is 7. The zero-order valence-corrected chi connectivity index (χ0v) is 17.9. The van der Waals surface area contributed by atoms with E-state index in [1.165, 1.54) is 43.2 Å². The number of hydrogen-bond donors (Lipinski definition) is 3. The molecule has 0 amide bonds. The molecule has 0 bridgehead atoms. The van der Waals surface area contributed by atoms with Crippen molar-refractivity contribution in [3.05, 3.63) is 22.4 Å². The Hall–Kier alpha value is -1.12. The first-order valence-corrected chi connectivity index (χ1v) is 11.9. The molecule has 3 N–H and O–H groups in total. The highest BCUT2D eigenvalue weighted by molar-refractivity contribution is 7.88. The SMILES string of the molecule is CN=C(NCC(C)(C)NS(C)(=O)=O)NCC1(c2cccs2)CCCCC1. The Morgan fingerprint density at radius 3 is 2.50 bits per heavy atom. The van der Waals surface area contributed by atoms with Crippen LogP contribution in [0.2, 0.25) is 0 Å². The summed E-state index contributed by atoms with van der Waals surface area (Å²) in [6.07, 6.45) is 7.40. The first kappa shape index (κ1) is 21.2. The van der Waals surface area contributed by atoms with Gasteiger partial charge in [0.05, 0.1) is 6.26 Å². The molecule has 0 saturated heterocycles. The summed E-state index contributed by atoms with van der Waals surface area (Å²) in [6.45, 7) is 4.99. The average molecular weight is 401 g/mol. The van der Waals surface area contributed by atoms with Crippen molar-refractivity contribution < 1.29 is 8.42 Å². The quantitative estimate of drug-likeness (QED) is 0.485. The van der Waals surface area contributed by atoms with Crippen LogP contribution in [-0.2, 0) is 15.4 Å². The lowest BCUT2D eigenvalue weighted by Gasteiger charge is -2.37. The summed E-state index contributed by atoms with van der Waals surface area (Å²) in [5, 5.41) is 8.87. The molecule has 1 aromatic heterocycles. The predicted octanol–water partition coefficient (Wildman–Crippen LogP) is 2.44. The van der Waals surface area contributed by atoms with E-state index >= 15 is 0 Å². The van der Waals surface area contributed by atoms with Crippen LogP contribution in [0.4, 0.5) is 0 Å². The maximum Gasteiger partial charge on any atom is 0.209 e. The summed E-state index contributed by atoms with van der Waals surface area (Å²) < 4.78 is 25.6. The van der Waals surface area contributed by atoms with Crippen LogP contribution in [0.25, 0.3) is 0 Å². The van der Waals surface area contributed by atoms with Crippen LogP contribution in [0.15, 0.2) is 22.5 Å². The zero-order chi connectivity index (χ0) is 19.3. The number of aliphatic imine (C=N–C) groups is 1. The van der Waals surface area contributed by atoms with Crippen LogP contribution >= 0.6 is 11.3 Å². The lowest BCUT2D eigenvalue weighted by Crippen LogP contribution is -2.54. The molecule has 1 saturated carbocycles. The molecule has 8 heteroatoms. The maximum absolute atomic E-state index is 11.5. The van der Waals surface area contributed by atoms with Gasteiger partial charge in [-0.1, -0.05) is 25.3 Å². The van der Waals surface area contributed by atoms with Crippen LogP contribution in [-0.4, -0.2) is 46.3 Å². The summed E-state index contributed by atoms with van der Waals surface area (Å²) in [4.78, 5) is 5.75. The van der Waals surface area contributed by atoms with Crippen molar-refractivity contribution in [2.45, 2.75) is 56.9 Å². The summed E-state index contributed by atoms with van der Waals surface area (Å²) >= 11 is 1.83. The third-order valence-electron chi connectivity index (χ3n) is 4.83. The summed E-state index contributed by atoms with van der Waals surface area (Å²) in [5.74, 6) is 0.704. The van der Waals surface area contributed by atoms with Gasteiger partial charge in [-0.2, -0.15) is 0 Å². The van der Waals surface area contributed by atoms with Crippen LogP contribution in [0, 0.1) is 0 Å². The Morgan fingerprint density at radius 1 is 1.27 bits per heavy atom. The van der Waals surface area contributed by atoms with Gasteiger partial charge in [-0.05, 0) is 38.1 Å². The van der Waals surface area contributed by atoms with Crippen molar-refractivity contribution in [1.29, 1.82) is 0 Å². The van der Waals surface area contributed by atoms with E-state index < -0.39 is 15.6 Å². The van der Waals surface area contributed by atoms with Gasteiger partial charge in [-0.3, -0.25) is 4.99 Å². The molecule has 0 aromatic carbocycles. The highest BCUT2D eigenvalue weighted by Gasteiger charge is 2.35. The molecule has 0 aliphatic heterocycles. The monoisotopic (exact) mass is 400 g/mol. The number of thiophene rings is 1. The highest BCUT2D eigenvalue weighted by atomic mass is 32.2. The second-order valence-electron chi connectivity index (χ2n) is 7.86. The molecule has 0 spiro atoms. The van der Waals surface area contributed by atoms with Gasteiger partial charge >= 0.3 is 0 Å². The number of nitrogens with one attached hydrogen (secondary N) is 3. The minimum Gasteiger partial charge on any atom is -0.355 e. The number of sulfonamides is 1. The predicted molar refractivity (Wildman–Crippen MR) is 111 cm³/mol. The molecule has 1 aliphatic rings. The van der Waals surface area contributed by atoms with E-state index in [1.807, 2.05) is 25.2 Å². The summed E-state index contributed by atoms with van der Waals surface area (Å²) in [5.41, 5.74) is -0.425. The molecule has 1 aliphatic carbocycles. The molecule has 148 valence electrons. The fraction of sp³-hybridized carbons (Fsp3) is 0.722. The second-order valence-corrected chi connectivity index (χ2v) is 10.6. The molecular formula is C18H32N4O2S2. The third kappa shape index (κ3) is 6.25. The maximum atomic E-state index is 11.5. The van der Waals surface area contributed by atoms with Gasteiger partial charge < -0.3 is 10.6 Å². The number of guanidine groups is 1. The van der Waals surface area contributed by atoms with Gasteiger partial charge in [0.25, 0.3) is 0 Å². The van der Waals surface area contributed by atoms with E-state index in [2.05, 4.69) is 37.9 Å². The Morgan fingerprint density at radius 2 is 1.96 bits per heavy atom. The average Bonchev–Trinajstić information content (AvgIpc) is 3.09. The molecule has 0 radical (unpaired) electrons. The topological polar surface area (TPSA) is 82.6 Å². The van der Waals surface area contributed by atoms with Crippen LogP contribution < -0.4 is 15.4 Å².